The van der Waals surface area contributed by atoms with Gasteiger partial charge in [-0.15, -0.1) is 0 Å². The molecule has 0 unspecified atom stereocenters. The van der Waals surface area contributed by atoms with Gasteiger partial charge in [-0.25, -0.2) is 12.8 Å². The Kier molecular flexibility index (Phi) is 4.27. The van der Waals surface area contributed by atoms with E-state index in [1.54, 1.807) is 12.1 Å². The topological polar surface area (TPSA) is 55.4 Å². The molecule has 22 heavy (non-hydrogen) atoms. The van der Waals surface area contributed by atoms with E-state index in [9.17, 15) is 12.8 Å². The van der Waals surface area contributed by atoms with Crippen LogP contribution < -0.4 is 5.32 Å². The standard InChI is InChI=1S/C16H22FNO3S/c1-12-2-3-14(17)8-13(12)10-18-15-4-6-21-16(9-15)5-7-22(19,20)11-16/h2-3,8,15,18H,4-7,9-11H2,1H3/t15-,16+/m1/s1. The van der Waals surface area contributed by atoms with Crippen molar-refractivity contribution >= 4 is 9.84 Å². The van der Waals surface area contributed by atoms with E-state index in [1.165, 1.54) is 6.07 Å². The van der Waals surface area contributed by atoms with Crippen LogP contribution in [0.25, 0.3) is 0 Å². The molecule has 6 heteroatoms. The zero-order valence-electron chi connectivity index (χ0n) is 12.8. The number of rotatable bonds is 3. The Hall–Kier alpha value is -0.980. The van der Waals surface area contributed by atoms with Gasteiger partial charge in [0, 0.05) is 19.2 Å². The van der Waals surface area contributed by atoms with Gasteiger partial charge in [0.25, 0.3) is 0 Å². The van der Waals surface area contributed by atoms with Crippen molar-refractivity contribution in [1.29, 1.82) is 0 Å². The van der Waals surface area contributed by atoms with E-state index >= 15 is 0 Å². The van der Waals surface area contributed by atoms with Crippen LogP contribution in [-0.2, 0) is 21.1 Å². The average Bonchev–Trinajstić information content (AvgIpc) is 2.75. The van der Waals surface area contributed by atoms with Gasteiger partial charge < -0.3 is 10.1 Å². The highest BCUT2D eigenvalue weighted by Gasteiger charge is 2.46. The van der Waals surface area contributed by atoms with E-state index in [2.05, 4.69) is 5.32 Å². The van der Waals surface area contributed by atoms with Gasteiger partial charge in [0.05, 0.1) is 17.1 Å². The molecule has 0 aliphatic carbocycles. The summed E-state index contributed by atoms with van der Waals surface area (Å²) >= 11 is 0. The summed E-state index contributed by atoms with van der Waals surface area (Å²) in [5.74, 6) is 0.132. The van der Waals surface area contributed by atoms with Crippen LogP contribution in [0.2, 0.25) is 0 Å². The summed E-state index contributed by atoms with van der Waals surface area (Å²) < 4.78 is 42.6. The fourth-order valence-electron chi connectivity index (χ4n) is 3.45. The van der Waals surface area contributed by atoms with Crippen LogP contribution in [0, 0.1) is 12.7 Å². The second-order valence-corrected chi connectivity index (χ2v) is 8.70. The number of halogens is 1. The Labute approximate surface area is 131 Å². The predicted molar refractivity (Wildman–Crippen MR) is 83.0 cm³/mol. The summed E-state index contributed by atoms with van der Waals surface area (Å²) in [6.45, 7) is 3.14. The molecule has 0 bridgehead atoms. The SMILES string of the molecule is Cc1ccc(F)cc1CN[C@@H]1CCO[C@@]2(CCS(=O)(=O)C2)C1. The van der Waals surface area contributed by atoms with Gasteiger partial charge >= 0.3 is 0 Å². The number of benzene rings is 1. The smallest absolute Gasteiger partial charge is 0.153 e. The first kappa shape index (κ1) is 15.9. The molecule has 2 saturated heterocycles. The summed E-state index contributed by atoms with van der Waals surface area (Å²) in [6, 6.07) is 5.01. The molecule has 0 radical (unpaired) electrons. The number of nitrogens with one attached hydrogen (secondary N) is 1. The predicted octanol–water partition coefficient (Wildman–Crippen LogP) is 1.96. The largest absolute Gasteiger partial charge is 0.374 e. The van der Waals surface area contributed by atoms with Crippen LogP contribution in [0.1, 0.15) is 30.4 Å². The van der Waals surface area contributed by atoms with Crippen molar-refractivity contribution in [3.63, 3.8) is 0 Å². The molecule has 2 aliphatic heterocycles. The third-order valence-corrected chi connectivity index (χ3v) is 6.53. The Bertz CT molecular complexity index is 661. The maximum Gasteiger partial charge on any atom is 0.153 e. The highest BCUT2D eigenvalue weighted by atomic mass is 32.2. The fraction of sp³-hybridized carbons (Fsp3) is 0.625. The van der Waals surface area contributed by atoms with E-state index in [-0.39, 0.29) is 23.4 Å². The van der Waals surface area contributed by atoms with Gasteiger partial charge in [0.15, 0.2) is 9.84 Å². The van der Waals surface area contributed by atoms with Gasteiger partial charge in [0.2, 0.25) is 0 Å². The lowest BCUT2D eigenvalue weighted by atomic mass is 9.89. The number of aryl methyl sites for hydroxylation is 1. The normalized spacial score (nSPS) is 30.7. The third-order valence-electron chi connectivity index (χ3n) is 4.74. The molecule has 1 N–H and O–H groups in total. The molecule has 0 amide bonds. The fourth-order valence-corrected chi connectivity index (χ4v) is 5.42. The summed E-state index contributed by atoms with van der Waals surface area (Å²) in [7, 11) is -2.96. The molecular formula is C16H22FNO3S. The monoisotopic (exact) mass is 327 g/mol. The second kappa shape index (κ2) is 5.91. The summed E-state index contributed by atoms with van der Waals surface area (Å²) in [6.07, 6.45) is 2.16. The number of sulfone groups is 1. The van der Waals surface area contributed by atoms with E-state index in [0.717, 1.165) is 17.5 Å². The Morgan fingerprint density at radius 2 is 2.27 bits per heavy atom. The molecule has 0 aromatic heterocycles. The summed E-state index contributed by atoms with van der Waals surface area (Å²) in [5, 5.41) is 3.44. The van der Waals surface area contributed by atoms with Gasteiger partial charge in [-0.05, 0) is 49.4 Å². The summed E-state index contributed by atoms with van der Waals surface area (Å²) in [5.41, 5.74) is 1.49. The van der Waals surface area contributed by atoms with Crippen LogP contribution >= 0.6 is 0 Å². The van der Waals surface area contributed by atoms with E-state index in [0.29, 0.717) is 26.0 Å². The first-order valence-corrected chi connectivity index (χ1v) is 9.52. The molecule has 4 nitrogen and oxygen atoms in total. The highest BCUT2D eigenvalue weighted by molar-refractivity contribution is 7.91. The van der Waals surface area contributed by atoms with E-state index in [1.807, 2.05) is 6.92 Å². The highest BCUT2D eigenvalue weighted by Crippen LogP contribution is 2.35. The number of ether oxygens (including phenoxy) is 1. The molecular weight excluding hydrogens is 305 g/mol. The zero-order chi connectivity index (χ0) is 15.8. The van der Waals surface area contributed by atoms with Gasteiger partial charge in [-0.3, -0.25) is 0 Å². The minimum atomic E-state index is -2.96. The van der Waals surface area contributed by atoms with Gasteiger partial charge in [0.1, 0.15) is 5.82 Å². The Morgan fingerprint density at radius 1 is 1.45 bits per heavy atom. The van der Waals surface area contributed by atoms with Crippen LogP contribution in [0.3, 0.4) is 0 Å². The maximum atomic E-state index is 13.3. The first-order chi connectivity index (χ1) is 10.4. The quantitative estimate of drug-likeness (QED) is 0.922. The molecule has 2 atom stereocenters. The van der Waals surface area contributed by atoms with Crippen LogP contribution in [0.15, 0.2) is 18.2 Å². The summed E-state index contributed by atoms with van der Waals surface area (Å²) in [4.78, 5) is 0. The Balaban J connectivity index is 1.63. The number of hydrogen-bond donors (Lipinski definition) is 1. The van der Waals surface area contributed by atoms with Crippen LogP contribution in [0.4, 0.5) is 4.39 Å². The van der Waals surface area contributed by atoms with Crippen molar-refractivity contribution in [2.75, 3.05) is 18.1 Å². The third kappa shape index (κ3) is 3.50. The molecule has 122 valence electrons. The lowest BCUT2D eigenvalue weighted by molar-refractivity contribution is -0.0705. The first-order valence-electron chi connectivity index (χ1n) is 7.70. The van der Waals surface area contributed by atoms with Crippen molar-refractivity contribution in [3.05, 3.63) is 35.1 Å². The molecule has 1 aromatic carbocycles. The number of hydrogen-bond acceptors (Lipinski definition) is 4. The average molecular weight is 327 g/mol. The molecule has 2 aliphatic rings. The van der Waals surface area contributed by atoms with Crippen molar-refractivity contribution in [3.8, 4) is 0 Å². The lowest BCUT2D eigenvalue weighted by Gasteiger charge is -2.37. The van der Waals surface area contributed by atoms with E-state index in [4.69, 9.17) is 4.74 Å². The molecule has 3 rings (SSSR count). The van der Waals surface area contributed by atoms with Gasteiger partial charge in [-0.2, -0.15) is 0 Å². The van der Waals surface area contributed by atoms with Crippen molar-refractivity contribution in [1.82, 2.24) is 5.32 Å². The lowest BCUT2D eigenvalue weighted by Crippen LogP contribution is -2.47. The van der Waals surface area contributed by atoms with Gasteiger partial charge in [-0.1, -0.05) is 6.07 Å². The molecule has 1 spiro atoms. The second-order valence-electron chi connectivity index (χ2n) is 6.51. The van der Waals surface area contributed by atoms with E-state index < -0.39 is 15.4 Å². The van der Waals surface area contributed by atoms with Crippen molar-refractivity contribution < 1.29 is 17.5 Å². The minimum Gasteiger partial charge on any atom is -0.374 e. The maximum absolute atomic E-state index is 13.3. The molecule has 2 heterocycles. The molecule has 0 saturated carbocycles. The Morgan fingerprint density at radius 3 is 3.00 bits per heavy atom. The van der Waals surface area contributed by atoms with Crippen molar-refractivity contribution in [2.45, 2.75) is 44.4 Å². The minimum absolute atomic E-state index is 0.136. The zero-order valence-corrected chi connectivity index (χ0v) is 13.6. The molecule has 1 aromatic rings. The molecule has 2 fully saturated rings. The van der Waals surface area contributed by atoms with Crippen molar-refractivity contribution in [2.24, 2.45) is 0 Å². The van der Waals surface area contributed by atoms with Crippen LogP contribution in [0.5, 0.6) is 0 Å². The van der Waals surface area contributed by atoms with Crippen LogP contribution in [-0.4, -0.2) is 38.2 Å².